The predicted molar refractivity (Wildman–Crippen MR) is 34.7 cm³/mol. The van der Waals surface area contributed by atoms with Crippen LogP contribution in [0.15, 0.2) is 12.2 Å². The molecule has 0 rings (SSSR count). The average Bonchev–Trinajstić information content (AvgIpc) is 1.78. The fourth-order valence-corrected chi connectivity index (χ4v) is 0.465. The van der Waals surface area contributed by atoms with Crippen LogP contribution >= 0.6 is 0 Å². The molecule has 0 unspecified atom stereocenters. The van der Waals surface area contributed by atoms with Crippen LogP contribution in [-0.2, 0) is 4.84 Å². The van der Waals surface area contributed by atoms with Crippen molar-refractivity contribution in [2.45, 2.75) is 19.5 Å². The summed E-state index contributed by atoms with van der Waals surface area (Å²) in [6, 6.07) is 0. The van der Waals surface area contributed by atoms with Gasteiger partial charge in [0.2, 0.25) is 0 Å². The summed E-state index contributed by atoms with van der Waals surface area (Å²) in [6.45, 7) is 3.50. The van der Waals surface area contributed by atoms with E-state index < -0.39 is 24.3 Å². The van der Waals surface area contributed by atoms with Crippen LogP contribution in [-0.4, -0.2) is 24.3 Å². The van der Waals surface area contributed by atoms with Crippen molar-refractivity contribution in [1.29, 1.82) is 0 Å². The number of nitrogens with zero attached hydrogens (tertiary/aromatic N) is 1. The molecule has 2 nitrogen and oxygen atoms in total. The van der Waals surface area contributed by atoms with Gasteiger partial charge in [-0.15, -0.1) is 0 Å². The van der Waals surface area contributed by atoms with Crippen LogP contribution in [0.25, 0.3) is 0 Å². The lowest BCUT2D eigenvalue weighted by Gasteiger charge is -2.25. The van der Waals surface area contributed by atoms with Gasteiger partial charge in [0.25, 0.3) is 0 Å². The fraction of sp³-hybridized carbons (Fsp3) is 0.667. The summed E-state index contributed by atoms with van der Waals surface area (Å²) < 4.78 is 70.3. The highest BCUT2D eigenvalue weighted by Gasteiger charge is 2.55. The molecule has 0 aliphatic rings. The zero-order chi connectivity index (χ0) is 11.6. The number of alkyl halides is 6. The molecule has 0 N–H and O–H groups in total. The van der Waals surface area contributed by atoms with Gasteiger partial charge < -0.3 is 0 Å². The second-order valence-corrected chi connectivity index (χ2v) is 2.46. The van der Waals surface area contributed by atoms with Gasteiger partial charge in [-0.05, 0) is 6.92 Å². The molecule has 0 amide bonds. The molecule has 8 heteroatoms. The van der Waals surface area contributed by atoms with Crippen molar-refractivity contribution in [2.24, 2.45) is 0 Å². The van der Waals surface area contributed by atoms with Gasteiger partial charge in [0, 0.05) is 5.06 Å². The molecule has 0 radical (unpaired) electrons. The number of halogens is 6. The molecular weight excluding hydrogens is 216 g/mol. The minimum absolute atomic E-state index is 0.0449. The zero-order valence-corrected chi connectivity index (χ0v) is 7.04. The van der Waals surface area contributed by atoms with Crippen molar-refractivity contribution in [3.63, 3.8) is 0 Å². The first-order valence-electron chi connectivity index (χ1n) is 3.26. The summed E-state index contributed by atoms with van der Waals surface area (Å²) in [7, 11) is 0. The maximum absolute atomic E-state index is 11.7. The van der Waals surface area contributed by atoms with Crippen molar-refractivity contribution < 1.29 is 31.2 Å². The summed E-state index contributed by atoms with van der Waals surface area (Å²) in [5, 5.41) is -1.96. The molecule has 0 aliphatic carbocycles. The Bertz CT molecular complexity index is 193. The van der Waals surface area contributed by atoms with Gasteiger partial charge in [-0.2, -0.15) is 26.3 Å². The minimum atomic E-state index is -5.62. The smallest absolute Gasteiger partial charge is 0.280 e. The Morgan fingerprint density at radius 1 is 1.14 bits per heavy atom. The topological polar surface area (TPSA) is 12.5 Å². The Morgan fingerprint density at radius 2 is 1.50 bits per heavy atom. The molecule has 0 aromatic carbocycles. The summed E-state index contributed by atoms with van der Waals surface area (Å²) in [6.07, 6.45) is -11.2. The van der Waals surface area contributed by atoms with E-state index in [2.05, 4.69) is 11.4 Å². The van der Waals surface area contributed by atoms with Crippen molar-refractivity contribution in [3.05, 3.63) is 12.2 Å². The first-order valence-corrected chi connectivity index (χ1v) is 3.26. The van der Waals surface area contributed by atoms with Gasteiger partial charge in [-0.1, -0.05) is 12.2 Å². The average molecular weight is 223 g/mol. The second-order valence-electron chi connectivity index (χ2n) is 2.46. The van der Waals surface area contributed by atoms with E-state index in [4.69, 9.17) is 0 Å². The van der Waals surface area contributed by atoms with Crippen LogP contribution in [0.4, 0.5) is 26.3 Å². The van der Waals surface area contributed by atoms with E-state index in [-0.39, 0.29) is 5.57 Å². The zero-order valence-electron chi connectivity index (χ0n) is 7.04. The lowest BCUT2D eigenvalue weighted by molar-refractivity contribution is -0.480. The van der Waals surface area contributed by atoms with E-state index in [1.165, 1.54) is 6.92 Å². The Hall–Kier alpha value is -0.760. The lowest BCUT2D eigenvalue weighted by atomic mass is 10.4. The molecule has 0 bridgehead atoms. The SMILES string of the molecule is C=C(C)CON(C(F)(F)F)C(F)(F)F. The molecule has 0 atom stereocenters. The van der Waals surface area contributed by atoms with Crippen molar-refractivity contribution in [1.82, 2.24) is 5.06 Å². The molecule has 0 saturated carbocycles. The van der Waals surface area contributed by atoms with Crippen LogP contribution in [0.2, 0.25) is 0 Å². The Balaban J connectivity index is 4.51. The highest BCUT2D eigenvalue weighted by molar-refractivity contribution is 4.87. The lowest BCUT2D eigenvalue weighted by Crippen LogP contribution is -2.48. The van der Waals surface area contributed by atoms with Crippen LogP contribution in [0.1, 0.15) is 6.92 Å². The van der Waals surface area contributed by atoms with E-state index in [9.17, 15) is 26.3 Å². The molecule has 0 heterocycles. The number of hydrogen-bond acceptors (Lipinski definition) is 2. The molecule has 0 aliphatic heterocycles. The third-order valence-electron chi connectivity index (χ3n) is 0.901. The summed E-state index contributed by atoms with van der Waals surface area (Å²) in [5.74, 6) is 0. The summed E-state index contributed by atoms with van der Waals surface area (Å²) >= 11 is 0. The highest BCUT2D eigenvalue weighted by Crippen LogP contribution is 2.33. The quantitative estimate of drug-likeness (QED) is 0.315. The first-order chi connectivity index (χ1) is 6.05. The number of hydroxylamine groups is 2. The van der Waals surface area contributed by atoms with Crippen LogP contribution in [0, 0.1) is 0 Å². The van der Waals surface area contributed by atoms with E-state index >= 15 is 0 Å². The molecule has 0 fully saturated rings. The molecule has 0 aromatic heterocycles. The minimum Gasteiger partial charge on any atom is -0.280 e. The van der Waals surface area contributed by atoms with Gasteiger partial charge in [-0.25, -0.2) is 0 Å². The second kappa shape index (κ2) is 4.18. The first kappa shape index (κ1) is 13.2. The maximum atomic E-state index is 11.7. The molecular formula is C6H7F6NO. The third kappa shape index (κ3) is 4.47. The van der Waals surface area contributed by atoms with Crippen molar-refractivity contribution in [3.8, 4) is 0 Å². The van der Waals surface area contributed by atoms with E-state index in [0.717, 1.165) is 0 Å². The van der Waals surface area contributed by atoms with Crippen LogP contribution in [0.3, 0.4) is 0 Å². The fourth-order valence-electron chi connectivity index (χ4n) is 0.465. The Kier molecular flexibility index (Phi) is 3.95. The monoisotopic (exact) mass is 223 g/mol. The molecule has 14 heavy (non-hydrogen) atoms. The normalized spacial score (nSPS) is 13.4. The van der Waals surface area contributed by atoms with Gasteiger partial charge in [-0.3, -0.25) is 4.84 Å². The molecule has 0 saturated heterocycles. The highest BCUT2D eigenvalue weighted by atomic mass is 19.4. The molecule has 0 aromatic rings. The summed E-state index contributed by atoms with van der Waals surface area (Å²) in [4.78, 5) is 3.52. The van der Waals surface area contributed by atoms with E-state index in [1.807, 2.05) is 0 Å². The van der Waals surface area contributed by atoms with Gasteiger partial charge in [0.15, 0.2) is 0 Å². The number of hydrogen-bond donors (Lipinski definition) is 0. The van der Waals surface area contributed by atoms with E-state index in [1.54, 1.807) is 0 Å². The third-order valence-corrected chi connectivity index (χ3v) is 0.901. The predicted octanol–water partition coefficient (Wildman–Crippen LogP) is 2.84. The van der Waals surface area contributed by atoms with Crippen LogP contribution < -0.4 is 0 Å². The van der Waals surface area contributed by atoms with Crippen LogP contribution in [0.5, 0.6) is 0 Å². The largest absolute Gasteiger partial charge is 0.490 e. The number of rotatable bonds is 3. The van der Waals surface area contributed by atoms with E-state index in [0.29, 0.717) is 0 Å². The van der Waals surface area contributed by atoms with Gasteiger partial charge >= 0.3 is 12.6 Å². The maximum Gasteiger partial charge on any atom is 0.490 e. The Labute approximate surface area is 75.7 Å². The molecule has 0 spiro atoms. The van der Waals surface area contributed by atoms with Gasteiger partial charge in [0.05, 0.1) is 6.61 Å². The van der Waals surface area contributed by atoms with Crippen molar-refractivity contribution >= 4 is 0 Å². The Morgan fingerprint density at radius 3 is 1.71 bits per heavy atom. The van der Waals surface area contributed by atoms with Crippen molar-refractivity contribution in [2.75, 3.05) is 6.61 Å². The molecule has 84 valence electrons. The summed E-state index contributed by atoms with van der Waals surface area (Å²) in [5.41, 5.74) is 0.0449. The van der Waals surface area contributed by atoms with Gasteiger partial charge in [0.1, 0.15) is 0 Å². The standard InChI is InChI=1S/C6H7F6NO/c1-4(2)3-14-13(5(7,8)9)6(10,11)12/h1,3H2,2H3.